The van der Waals surface area contributed by atoms with Crippen molar-refractivity contribution >= 4 is 23.1 Å². The van der Waals surface area contributed by atoms with Crippen LogP contribution in [0.25, 0.3) is 0 Å². The Balaban J connectivity index is 2.42. The number of aromatic nitrogens is 2. The molecular weight excluding hydrogens is 268 g/mol. The van der Waals surface area contributed by atoms with Crippen LogP contribution in [0.4, 0.5) is 11.5 Å². The molecule has 0 amide bonds. The van der Waals surface area contributed by atoms with Crippen molar-refractivity contribution in [1.82, 2.24) is 9.78 Å². The summed E-state index contributed by atoms with van der Waals surface area (Å²) in [6.07, 6.45) is 1.89. The van der Waals surface area contributed by atoms with E-state index in [1.807, 2.05) is 19.1 Å². The highest BCUT2D eigenvalue weighted by Crippen LogP contribution is 2.29. The van der Waals surface area contributed by atoms with E-state index < -0.39 is 4.92 Å². The Morgan fingerprint density at radius 1 is 1.47 bits per heavy atom. The zero-order chi connectivity index (χ0) is 14.0. The third kappa shape index (κ3) is 2.53. The van der Waals surface area contributed by atoms with E-state index in [9.17, 15) is 10.1 Å². The van der Waals surface area contributed by atoms with Crippen molar-refractivity contribution in [3.05, 3.63) is 51.2 Å². The number of rotatable bonds is 4. The van der Waals surface area contributed by atoms with Crippen LogP contribution in [0.15, 0.2) is 30.5 Å². The van der Waals surface area contributed by atoms with Gasteiger partial charge in [-0.3, -0.25) is 10.1 Å². The molecule has 0 aliphatic rings. The van der Waals surface area contributed by atoms with Gasteiger partial charge in [0.1, 0.15) is 6.20 Å². The van der Waals surface area contributed by atoms with E-state index in [-0.39, 0.29) is 17.5 Å². The molecular formula is C12H13ClN4O2. The zero-order valence-corrected chi connectivity index (χ0v) is 11.0. The van der Waals surface area contributed by atoms with Crippen LogP contribution in [0.3, 0.4) is 0 Å². The predicted octanol–water partition coefficient (Wildman–Crippen LogP) is 3.03. The molecule has 0 saturated heterocycles. The van der Waals surface area contributed by atoms with Crippen molar-refractivity contribution < 1.29 is 4.92 Å². The number of nitrogens with zero attached hydrogens (tertiary/aromatic N) is 3. The molecule has 2 N–H and O–H groups in total. The second kappa shape index (κ2) is 5.27. The fraction of sp³-hybridized carbons (Fsp3) is 0.250. The maximum Gasteiger partial charge on any atom is 0.330 e. The van der Waals surface area contributed by atoms with Gasteiger partial charge in [-0.05, 0) is 24.1 Å². The summed E-state index contributed by atoms with van der Waals surface area (Å²) in [7, 11) is 0. The van der Waals surface area contributed by atoms with Gasteiger partial charge in [-0.25, -0.2) is 4.68 Å². The van der Waals surface area contributed by atoms with Gasteiger partial charge in [0.15, 0.2) is 0 Å². The first-order chi connectivity index (χ1) is 9.04. The van der Waals surface area contributed by atoms with Gasteiger partial charge in [-0.15, -0.1) is 0 Å². The lowest BCUT2D eigenvalue weighted by molar-refractivity contribution is -0.384. The molecule has 6 nitrogen and oxygen atoms in total. The van der Waals surface area contributed by atoms with E-state index in [1.165, 1.54) is 10.9 Å². The molecule has 19 heavy (non-hydrogen) atoms. The summed E-state index contributed by atoms with van der Waals surface area (Å²) in [5.74, 6) is 0.0619. The SMILES string of the molecule is CCC(c1ccc(Cl)cc1)n1ncc([N+](=O)[O-])c1N. The Morgan fingerprint density at radius 2 is 2.11 bits per heavy atom. The fourth-order valence-corrected chi connectivity index (χ4v) is 2.11. The smallest absolute Gasteiger partial charge is 0.330 e. The van der Waals surface area contributed by atoms with Gasteiger partial charge >= 0.3 is 5.69 Å². The van der Waals surface area contributed by atoms with Crippen molar-refractivity contribution in [1.29, 1.82) is 0 Å². The molecule has 2 rings (SSSR count). The van der Waals surface area contributed by atoms with Crippen LogP contribution in [-0.2, 0) is 0 Å². The third-order valence-corrected chi connectivity index (χ3v) is 3.20. The minimum absolute atomic E-state index is 0.0619. The van der Waals surface area contributed by atoms with Gasteiger partial charge in [-0.2, -0.15) is 5.10 Å². The summed E-state index contributed by atoms with van der Waals surface area (Å²) in [6.45, 7) is 1.96. The van der Waals surface area contributed by atoms with E-state index in [2.05, 4.69) is 5.10 Å². The van der Waals surface area contributed by atoms with Crippen molar-refractivity contribution in [3.8, 4) is 0 Å². The predicted molar refractivity (Wildman–Crippen MR) is 73.2 cm³/mol. The first-order valence-electron chi connectivity index (χ1n) is 5.77. The molecule has 0 spiro atoms. The minimum atomic E-state index is -0.534. The summed E-state index contributed by atoms with van der Waals surface area (Å²) >= 11 is 5.85. The van der Waals surface area contributed by atoms with Gasteiger partial charge in [-0.1, -0.05) is 30.7 Å². The van der Waals surface area contributed by atoms with Gasteiger partial charge in [0, 0.05) is 5.02 Å². The van der Waals surface area contributed by atoms with Crippen molar-refractivity contribution in [2.24, 2.45) is 0 Å². The number of nitrogens with two attached hydrogens (primary N) is 1. The van der Waals surface area contributed by atoms with Crippen LogP contribution < -0.4 is 5.73 Å². The number of halogens is 1. The molecule has 1 atom stereocenters. The number of hydrogen-bond donors (Lipinski definition) is 1. The lowest BCUT2D eigenvalue weighted by Crippen LogP contribution is -2.14. The first kappa shape index (κ1) is 13.4. The molecule has 1 heterocycles. The highest BCUT2D eigenvalue weighted by Gasteiger charge is 2.22. The van der Waals surface area contributed by atoms with E-state index in [4.69, 9.17) is 17.3 Å². The molecule has 7 heteroatoms. The number of nitro groups is 1. The normalized spacial score (nSPS) is 12.3. The lowest BCUT2D eigenvalue weighted by Gasteiger charge is -2.17. The average molecular weight is 281 g/mol. The summed E-state index contributed by atoms with van der Waals surface area (Å²) in [4.78, 5) is 10.2. The third-order valence-electron chi connectivity index (χ3n) is 2.95. The molecule has 1 unspecified atom stereocenters. The fourth-order valence-electron chi connectivity index (χ4n) is 1.99. The maximum atomic E-state index is 10.8. The first-order valence-corrected chi connectivity index (χ1v) is 6.15. The lowest BCUT2D eigenvalue weighted by atomic mass is 10.1. The van der Waals surface area contributed by atoms with Crippen LogP contribution in [0, 0.1) is 10.1 Å². The zero-order valence-electron chi connectivity index (χ0n) is 10.3. The Labute approximate surface area is 114 Å². The highest BCUT2D eigenvalue weighted by atomic mass is 35.5. The molecule has 0 fully saturated rings. The van der Waals surface area contributed by atoms with E-state index in [0.29, 0.717) is 11.4 Å². The quantitative estimate of drug-likeness (QED) is 0.689. The van der Waals surface area contributed by atoms with Crippen LogP contribution in [0.1, 0.15) is 24.9 Å². The molecule has 100 valence electrons. The van der Waals surface area contributed by atoms with Gasteiger partial charge in [0.25, 0.3) is 0 Å². The van der Waals surface area contributed by atoms with E-state index in [1.54, 1.807) is 12.1 Å². The summed E-state index contributed by atoms with van der Waals surface area (Å²) < 4.78 is 1.47. The van der Waals surface area contributed by atoms with E-state index >= 15 is 0 Å². The minimum Gasteiger partial charge on any atom is -0.378 e. The molecule has 0 saturated carbocycles. The Bertz CT molecular complexity index is 594. The van der Waals surface area contributed by atoms with Crippen molar-refractivity contribution in [3.63, 3.8) is 0 Å². The molecule has 0 aliphatic carbocycles. The largest absolute Gasteiger partial charge is 0.378 e. The number of hydrogen-bond acceptors (Lipinski definition) is 4. The number of nitrogen functional groups attached to an aromatic ring is 1. The average Bonchev–Trinajstić information content (AvgIpc) is 2.75. The van der Waals surface area contributed by atoms with Crippen molar-refractivity contribution in [2.75, 3.05) is 5.73 Å². The molecule has 1 aromatic carbocycles. The molecule has 2 aromatic rings. The Morgan fingerprint density at radius 3 is 2.58 bits per heavy atom. The molecule has 0 radical (unpaired) electrons. The maximum absolute atomic E-state index is 10.8. The van der Waals surface area contributed by atoms with Crippen LogP contribution in [0.5, 0.6) is 0 Å². The van der Waals surface area contributed by atoms with Crippen LogP contribution in [0.2, 0.25) is 5.02 Å². The second-order valence-electron chi connectivity index (χ2n) is 4.09. The molecule has 1 aromatic heterocycles. The Hall–Kier alpha value is -2.08. The number of anilines is 1. The van der Waals surface area contributed by atoms with Gasteiger partial charge < -0.3 is 5.73 Å². The standard InChI is InChI=1S/C12H13ClN4O2/c1-2-10(8-3-5-9(13)6-4-8)16-12(14)11(7-15-16)17(18)19/h3-7,10H,2,14H2,1H3. The second-order valence-corrected chi connectivity index (χ2v) is 4.53. The number of benzene rings is 1. The Kier molecular flexibility index (Phi) is 3.71. The topological polar surface area (TPSA) is 87.0 Å². The monoisotopic (exact) mass is 280 g/mol. The highest BCUT2D eigenvalue weighted by molar-refractivity contribution is 6.30. The summed E-state index contributed by atoms with van der Waals surface area (Å²) in [6, 6.07) is 7.12. The summed E-state index contributed by atoms with van der Waals surface area (Å²) in [5, 5.41) is 15.4. The summed E-state index contributed by atoms with van der Waals surface area (Å²) in [5.41, 5.74) is 6.56. The van der Waals surface area contributed by atoms with Crippen LogP contribution >= 0.6 is 11.6 Å². The van der Waals surface area contributed by atoms with E-state index in [0.717, 1.165) is 5.56 Å². The van der Waals surface area contributed by atoms with Gasteiger partial charge in [0.2, 0.25) is 5.82 Å². The molecule has 0 aliphatic heterocycles. The van der Waals surface area contributed by atoms with Gasteiger partial charge in [0.05, 0.1) is 11.0 Å². The van der Waals surface area contributed by atoms with Crippen LogP contribution in [-0.4, -0.2) is 14.7 Å². The van der Waals surface area contributed by atoms with Crippen molar-refractivity contribution in [2.45, 2.75) is 19.4 Å². The molecule has 0 bridgehead atoms.